The van der Waals surface area contributed by atoms with Gasteiger partial charge in [-0.3, -0.25) is 9.69 Å². The van der Waals surface area contributed by atoms with E-state index in [0.29, 0.717) is 19.0 Å². The third-order valence-corrected chi connectivity index (χ3v) is 4.48. The number of hydrogen-bond donors (Lipinski definition) is 0. The first-order chi connectivity index (χ1) is 10.8. The first kappa shape index (κ1) is 17.6. The van der Waals surface area contributed by atoms with Gasteiger partial charge in [-0.1, -0.05) is 0 Å². The number of carbonyl (C=O) groups is 2. The van der Waals surface area contributed by atoms with Gasteiger partial charge < -0.3 is 9.64 Å². The van der Waals surface area contributed by atoms with Gasteiger partial charge in [-0.05, 0) is 52.4 Å². The van der Waals surface area contributed by atoms with Crippen molar-refractivity contribution < 1.29 is 14.3 Å². The number of amides is 2. The maximum Gasteiger partial charge on any atom is 0.410 e. The zero-order chi connectivity index (χ0) is 17.0. The smallest absolute Gasteiger partial charge is 0.410 e. The molecule has 23 heavy (non-hydrogen) atoms. The topological polar surface area (TPSA) is 73.6 Å². The Morgan fingerprint density at radius 2 is 1.91 bits per heavy atom. The van der Waals surface area contributed by atoms with Crippen LogP contribution in [0.5, 0.6) is 0 Å². The molecule has 0 N–H and O–H groups in total. The van der Waals surface area contributed by atoms with Crippen LogP contribution in [0.3, 0.4) is 0 Å². The third-order valence-electron chi connectivity index (χ3n) is 4.48. The van der Waals surface area contributed by atoms with Gasteiger partial charge in [0.05, 0.1) is 6.07 Å². The van der Waals surface area contributed by atoms with Crippen molar-refractivity contribution in [3.8, 4) is 6.07 Å². The average molecular weight is 321 g/mol. The first-order valence-corrected chi connectivity index (χ1v) is 8.44. The molecule has 0 aromatic carbocycles. The molecule has 1 aliphatic carbocycles. The van der Waals surface area contributed by atoms with Gasteiger partial charge in [0.25, 0.3) is 0 Å². The molecule has 0 bridgehead atoms. The maximum atomic E-state index is 12.3. The highest BCUT2D eigenvalue weighted by Gasteiger charge is 2.32. The van der Waals surface area contributed by atoms with Gasteiger partial charge in [-0.15, -0.1) is 0 Å². The van der Waals surface area contributed by atoms with E-state index in [1.165, 1.54) is 4.90 Å². The van der Waals surface area contributed by atoms with Crippen LogP contribution in [0.2, 0.25) is 0 Å². The lowest BCUT2D eigenvalue weighted by molar-refractivity contribution is -0.136. The van der Waals surface area contributed by atoms with E-state index in [9.17, 15) is 9.59 Å². The summed E-state index contributed by atoms with van der Waals surface area (Å²) in [6.45, 7) is 7.40. The zero-order valence-corrected chi connectivity index (χ0v) is 14.4. The van der Waals surface area contributed by atoms with E-state index in [4.69, 9.17) is 10.00 Å². The Balaban J connectivity index is 1.80. The van der Waals surface area contributed by atoms with Gasteiger partial charge >= 0.3 is 6.09 Å². The quantitative estimate of drug-likeness (QED) is 0.783. The van der Waals surface area contributed by atoms with E-state index >= 15 is 0 Å². The van der Waals surface area contributed by atoms with E-state index < -0.39 is 11.7 Å². The summed E-state index contributed by atoms with van der Waals surface area (Å²) in [5.41, 5.74) is -0.545. The zero-order valence-electron chi connectivity index (χ0n) is 14.4. The van der Waals surface area contributed by atoms with E-state index in [1.807, 2.05) is 25.7 Å². The van der Waals surface area contributed by atoms with Crippen LogP contribution in [0.25, 0.3) is 0 Å². The minimum atomic E-state index is -0.545. The molecule has 2 aliphatic rings. The number of ether oxygens (including phenoxy) is 1. The van der Waals surface area contributed by atoms with Gasteiger partial charge in [0.15, 0.2) is 0 Å². The molecule has 2 rings (SSSR count). The highest BCUT2D eigenvalue weighted by atomic mass is 16.6. The van der Waals surface area contributed by atoms with Crippen LogP contribution in [0.1, 0.15) is 46.5 Å². The third kappa shape index (κ3) is 5.12. The Bertz CT molecular complexity index is 484. The summed E-state index contributed by atoms with van der Waals surface area (Å²) >= 11 is 0. The van der Waals surface area contributed by atoms with E-state index in [-0.39, 0.29) is 18.4 Å². The number of rotatable bonds is 2. The average Bonchev–Trinajstić information content (AvgIpc) is 2.48. The van der Waals surface area contributed by atoms with Gasteiger partial charge in [-0.2, -0.15) is 5.26 Å². The molecule has 0 aromatic rings. The Morgan fingerprint density at radius 3 is 2.43 bits per heavy atom. The van der Waals surface area contributed by atoms with Crippen molar-refractivity contribution in [1.82, 2.24) is 9.80 Å². The molecule has 6 heteroatoms. The minimum Gasteiger partial charge on any atom is -0.444 e. The van der Waals surface area contributed by atoms with Gasteiger partial charge in [0, 0.05) is 25.6 Å². The predicted molar refractivity (Wildman–Crippen MR) is 85.4 cm³/mol. The fourth-order valence-corrected chi connectivity index (χ4v) is 3.17. The Labute approximate surface area is 138 Å². The molecule has 0 spiro atoms. The summed E-state index contributed by atoms with van der Waals surface area (Å²) in [6.07, 6.45) is 3.48. The molecule has 2 amide bonds. The Hall–Kier alpha value is -1.77. The fraction of sp³-hybridized carbons (Fsp3) is 0.824. The van der Waals surface area contributed by atoms with Crippen molar-refractivity contribution in [2.24, 2.45) is 11.8 Å². The van der Waals surface area contributed by atoms with Gasteiger partial charge in [0.2, 0.25) is 5.91 Å². The van der Waals surface area contributed by atoms with Crippen molar-refractivity contribution in [3.63, 3.8) is 0 Å². The second kappa shape index (κ2) is 7.20. The lowest BCUT2D eigenvalue weighted by Gasteiger charge is -2.37. The molecule has 1 saturated carbocycles. The van der Waals surface area contributed by atoms with Crippen LogP contribution >= 0.6 is 0 Å². The molecule has 1 heterocycles. The summed E-state index contributed by atoms with van der Waals surface area (Å²) in [6, 6.07) is 2.34. The summed E-state index contributed by atoms with van der Waals surface area (Å²) in [5.74, 6) is 0.659. The molecule has 0 atom stereocenters. The van der Waals surface area contributed by atoms with Crippen LogP contribution in [-0.2, 0) is 9.53 Å². The molecule has 2 fully saturated rings. The van der Waals surface area contributed by atoms with Crippen LogP contribution in [0.15, 0.2) is 0 Å². The Morgan fingerprint density at radius 1 is 1.26 bits per heavy atom. The number of hydrogen-bond acceptors (Lipinski definition) is 4. The normalized spacial score (nSPS) is 25.9. The summed E-state index contributed by atoms with van der Waals surface area (Å²) < 4.78 is 5.32. The second-order valence-electron chi connectivity index (χ2n) is 7.59. The fourth-order valence-electron chi connectivity index (χ4n) is 3.17. The van der Waals surface area contributed by atoms with E-state index in [2.05, 4.69) is 6.07 Å². The lowest BCUT2D eigenvalue weighted by Crippen LogP contribution is -2.54. The highest BCUT2D eigenvalue weighted by molar-refractivity contribution is 5.83. The van der Waals surface area contributed by atoms with Crippen LogP contribution < -0.4 is 0 Å². The molecule has 6 nitrogen and oxygen atoms in total. The number of nitrogens with zero attached hydrogens (tertiary/aromatic N) is 3. The monoisotopic (exact) mass is 321 g/mol. The maximum absolute atomic E-state index is 12.3. The van der Waals surface area contributed by atoms with Gasteiger partial charge in [-0.25, -0.2) is 4.79 Å². The van der Waals surface area contributed by atoms with E-state index in [1.54, 1.807) is 0 Å². The molecule has 1 aliphatic heterocycles. The van der Waals surface area contributed by atoms with Crippen molar-refractivity contribution >= 4 is 12.0 Å². The SMILES string of the molecule is CC(C)(C)OC(=O)N1CCN(C[C@H]2CC[C@H](C#N)CC2)C(=O)C1. The molecule has 0 radical (unpaired) electrons. The molecule has 128 valence electrons. The summed E-state index contributed by atoms with van der Waals surface area (Å²) in [7, 11) is 0. The molecular weight excluding hydrogens is 294 g/mol. The molecule has 0 unspecified atom stereocenters. The lowest BCUT2D eigenvalue weighted by atomic mass is 9.82. The first-order valence-electron chi connectivity index (χ1n) is 8.44. The van der Waals surface area contributed by atoms with Crippen LogP contribution in [0, 0.1) is 23.2 Å². The van der Waals surface area contributed by atoms with Crippen molar-refractivity contribution in [2.45, 2.75) is 52.1 Å². The molecular formula is C17H27N3O3. The largest absolute Gasteiger partial charge is 0.444 e. The standard InChI is InChI=1S/C17H27N3O3/c1-17(2,3)23-16(22)20-9-8-19(15(21)12-20)11-14-6-4-13(10-18)5-7-14/h13-14H,4-9,11-12H2,1-3H3/t13-,14-. The molecule has 1 saturated heterocycles. The summed E-state index contributed by atoms with van der Waals surface area (Å²) in [5, 5.41) is 8.94. The van der Waals surface area contributed by atoms with Crippen LogP contribution in [0.4, 0.5) is 4.79 Å². The minimum absolute atomic E-state index is 0.00971. The van der Waals surface area contributed by atoms with Gasteiger partial charge in [0.1, 0.15) is 12.1 Å². The van der Waals surface area contributed by atoms with Crippen molar-refractivity contribution in [1.29, 1.82) is 5.26 Å². The number of carbonyl (C=O) groups excluding carboxylic acids is 2. The van der Waals surface area contributed by atoms with Crippen LogP contribution in [-0.4, -0.2) is 53.6 Å². The highest BCUT2D eigenvalue weighted by Crippen LogP contribution is 2.29. The number of nitriles is 1. The second-order valence-corrected chi connectivity index (χ2v) is 7.59. The molecule has 0 aromatic heterocycles. The van der Waals surface area contributed by atoms with Crippen molar-refractivity contribution in [2.75, 3.05) is 26.2 Å². The number of piperazine rings is 1. The van der Waals surface area contributed by atoms with E-state index in [0.717, 1.165) is 32.2 Å². The predicted octanol–water partition coefficient (Wildman–Crippen LogP) is 2.40. The van der Waals surface area contributed by atoms with Crippen molar-refractivity contribution in [3.05, 3.63) is 0 Å². The Kier molecular flexibility index (Phi) is 5.51. The summed E-state index contributed by atoms with van der Waals surface area (Å²) in [4.78, 5) is 27.7.